The average molecular weight is 491 g/mol. The number of hydrogen-bond acceptors (Lipinski definition) is 7. The van der Waals surface area contributed by atoms with E-state index in [-0.39, 0.29) is 23.4 Å². The first-order valence-corrected chi connectivity index (χ1v) is 13.0. The largest absolute Gasteiger partial charge is 0.496 e. The van der Waals surface area contributed by atoms with Crippen LogP contribution in [0, 0.1) is 6.92 Å². The van der Waals surface area contributed by atoms with E-state index in [9.17, 15) is 18.0 Å². The number of amides is 1. The third-order valence-electron chi connectivity index (χ3n) is 5.69. The Balaban J connectivity index is 1.61. The predicted molar refractivity (Wildman–Crippen MR) is 126 cm³/mol. The average Bonchev–Trinajstić information content (AvgIpc) is 3.17. The highest BCUT2D eigenvalue weighted by Crippen LogP contribution is 2.33. The van der Waals surface area contributed by atoms with Crippen molar-refractivity contribution in [2.75, 3.05) is 20.2 Å². The standard InChI is InChI=1S/C22H26N4O5S2/c1-15-20(33(29,30)26-10-6-3-7-11-26)19-21(32-15)24-14-25(22(19)28)13-18(27)23-12-16-8-4-5-9-17(16)31-2/h4-5,8-9,14H,3,6-7,10-13H2,1-2H3,(H,23,27). The summed E-state index contributed by atoms with van der Waals surface area (Å²) in [6.07, 6.45) is 3.89. The second-order valence-corrected chi connectivity index (χ2v) is 11.0. The molecule has 1 aliphatic rings. The molecule has 1 fully saturated rings. The van der Waals surface area contributed by atoms with Gasteiger partial charge in [0.1, 0.15) is 22.0 Å². The lowest BCUT2D eigenvalue weighted by Gasteiger charge is -2.25. The molecule has 1 N–H and O–H groups in total. The first-order valence-electron chi connectivity index (χ1n) is 10.7. The van der Waals surface area contributed by atoms with Crippen molar-refractivity contribution in [2.24, 2.45) is 0 Å². The molecule has 33 heavy (non-hydrogen) atoms. The van der Waals surface area contributed by atoms with Gasteiger partial charge in [-0.15, -0.1) is 11.3 Å². The molecule has 3 heterocycles. The van der Waals surface area contributed by atoms with Crippen LogP contribution >= 0.6 is 11.3 Å². The molecule has 0 atom stereocenters. The quantitative estimate of drug-likeness (QED) is 0.544. The van der Waals surface area contributed by atoms with Crippen molar-refractivity contribution in [3.05, 3.63) is 51.4 Å². The van der Waals surface area contributed by atoms with E-state index in [4.69, 9.17) is 4.74 Å². The number of aryl methyl sites for hydroxylation is 1. The zero-order chi connectivity index (χ0) is 23.6. The minimum atomic E-state index is -3.82. The molecule has 9 nitrogen and oxygen atoms in total. The molecule has 0 bridgehead atoms. The van der Waals surface area contributed by atoms with Crippen LogP contribution in [0.25, 0.3) is 10.2 Å². The SMILES string of the molecule is COc1ccccc1CNC(=O)Cn1cnc2sc(C)c(S(=O)(=O)N3CCCCC3)c2c1=O. The fourth-order valence-electron chi connectivity index (χ4n) is 4.02. The van der Waals surface area contributed by atoms with Crippen molar-refractivity contribution in [1.82, 2.24) is 19.2 Å². The molecule has 0 saturated carbocycles. The van der Waals surface area contributed by atoms with Crippen molar-refractivity contribution in [1.29, 1.82) is 0 Å². The zero-order valence-corrected chi connectivity index (χ0v) is 20.2. The molecule has 1 aromatic carbocycles. The van der Waals surface area contributed by atoms with Crippen LogP contribution in [-0.2, 0) is 27.9 Å². The van der Waals surface area contributed by atoms with Gasteiger partial charge in [-0.05, 0) is 25.8 Å². The van der Waals surface area contributed by atoms with Gasteiger partial charge in [0, 0.05) is 30.1 Å². The van der Waals surface area contributed by atoms with E-state index in [1.165, 1.54) is 22.0 Å². The Kier molecular flexibility index (Phi) is 6.82. The van der Waals surface area contributed by atoms with Crippen LogP contribution in [0.15, 0.2) is 40.3 Å². The highest BCUT2D eigenvalue weighted by atomic mass is 32.2. The van der Waals surface area contributed by atoms with Crippen LogP contribution in [0.2, 0.25) is 0 Å². The number of piperidine rings is 1. The smallest absolute Gasteiger partial charge is 0.263 e. The maximum Gasteiger partial charge on any atom is 0.263 e. The number of benzene rings is 1. The molecule has 3 aromatic rings. The zero-order valence-electron chi connectivity index (χ0n) is 18.5. The summed E-state index contributed by atoms with van der Waals surface area (Å²) in [5.41, 5.74) is 0.269. The van der Waals surface area contributed by atoms with Gasteiger partial charge in [0.25, 0.3) is 5.56 Å². The number of carbonyl (C=O) groups excluding carboxylic acids is 1. The number of thiophene rings is 1. The first kappa shape index (κ1) is 23.4. The van der Waals surface area contributed by atoms with Gasteiger partial charge < -0.3 is 10.1 Å². The van der Waals surface area contributed by atoms with Gasteiger partial charge >= 0.3 is 0 Å². The number of nitrogens with one attached hydrogen (secondary N) is 1. The normalized spacial score (nSPS) is 15.0. The van der Waals surface area contributed by atoms with Crippen molar-refractivity contribution >= 4 is 37.5 Å². The van der Waals surface area contributed by atoms with E-state index in [1.807, 2.05) is 18.2 Å². The summed E-state index contributed by atoms with van der Waals surface area (Å²) < 4.78 is 34.6. The molecule has 176 valence electrons. The fourth-order valence-corrected chi connectivity index (χ4v) is 7.21. The van der Waals surface area contributed by atoms with E-state index >= 15 is 0 Å². The number of aromatic nitrogens is 2. The summed E-state index contributed by atoms with van der Waals surface area (Å²) in [4.78, 5) is 31.0. The van der Waals surface area contributed by atoms with Crippen LogP contribution in [-0.4, -0.2) is 48.4 Å². The van der Waals surface area contributed by atoms with Crippen molar-refractivity contribution < 1.29 is 17.9 Å². The second kappa shape index (κ2) is 9.62. The van der Waals surface area contributed by atoms with E-state index in [0.29, 0.717) is 28.5 Å². The van der Waals surface area contributed by atoms with Crippen LogP contribution in [0.4, 0.5) is 0 Å². The van der Waals surface area contributed by atoms with Gasteiger partial charge in [-0.25, -0.2) is 13.4 Å². The second-order valence-electron chi connectivity index (χ2n) is 7.90. The number of sulfonamides is 1. The third-order valence-corrected chi connectivity index (χ3v) is 8.91. The number of methoxy groups -OCH3 is 1. The summed E-state index contributed by atoms with van der Waals surface area (Å²) in [5.74, 6) is 0.260. The highest BCUT2D eigenvalue weighted by molar-refractivity contribution is 7.89. The Morgan fingerprint density at radius 3 is 2.67 bits per heavy atom. The van der Waals surface area contributed by atoms with Gasteiger partial charge in [-0.1, -0.05) is 24.6 Å². The first-order chi connectivity index (χ1) is 15.8. The molecule has 2 aromatic heterocycles. The Morgan fingerprint density at radius 1 is 1.21 bits per heavy atom. The van der Waals surface area contributed by atoms with Crippen LogP contribution in [0.1, 0.15) is 29.7 Å². The molecule has 0 spiro atoms. The van der Waals surface area contributed by atoms with Crippen LogP contribution in [0.3, 0.4) is 0 Å². The highest BCUT2D eigenvalue weighted by Gasteiger charge is 2.32. The Hall–Kier alpha value is -2.76. The molecular formula is C22H26N4O5S2. The number of para-hydroxylation sites is 1. The number of nitrogens with zero attached hydrogens (tertiary/aromatic N) is 3. The fraction of sp³-hybridized carbons (Fsp3) is 0.409. The number of ether oxygens (including phenoxy) is 1. The van der Waals surface area contributed by atoms with Crippen molar-refractivity contribution in [3.8, 4) is 5.75 Å². The minimum Gasteiger partial charge on any atom is -0.496 e. The third kappa shape index (κ3) is 4.66. The van der Waals surface area contributed by atoms with Crippen LogP contribution < -0.4 is 15.6 Å². The molecular weight excluding hydrogens is 464 g/mol. The number of rotatable bonds is 7. The van der Waals surface area contributed by atoms with Gasteiger partial charge in [0.05, 0.1) is 18.8 Å². The molecule has 11 heteroatoms. The lowest BCUT2D eigenvalue weighted by molar-refractivity contribution is -0.121. The van der Waals surface area contributed by atoms with E-state index in [2.05, 4.69) is 10.3 Å². The Bertz CT molecular complexity index is 1340. The monoisotopic (exact) mass is 490 g/mol. The molecule has 1 saturated heterocycles. The Morgan fingerprint density at radius 2 is 1.94 bits per heavy atom. The van der Waals surface area contributed by atoms with Gasteiger partial charge in [0.2, 0.25) is 15.9 Å². The molecule has 4 rings (SSSR count). The van der Waals surface area contributed by atoms with E-state index in [0.717, 1.165) is 29.4 Å². The van der Waals surface area contributed by atoms with E-state index in [1.54, 1.807) is 20.1 Å². The molecule has 0 radical (unpaired) electrons. The van der Waals surface area contributed by atoms with Gasteiger partial charge in [0.15, 0.2) is 0 Å². The lowest BCUT2D eigenvalue weighted by atomic mass is 10.2. The number of carbonyl (C=O) groups is 1. The molecule has 1 aliphatic heterocycles. The molecule has 0 unspecified atom stereocenters. The number of hydrogen-bond donors (Lipinski definition) is 1. The van der Waals surface area contributed by atoms with Crippen molar-refractivity contribution in [2.45, 2.75) is 44.2 Å². The maximum atomic E-state index is 13.4. The lowest BCUT2D eigenvalue weighted by Crippen LogP contribution is -2.36. The summed E-state index contributed by atoms with van der Waals surface area (Å²) in [6.45, 7) is 2.54. The molecule has 1 amide bonds. The number of fused-ring (bicyclic) bond motifs is 1. The topological polar surface area (TPSA) is 111 Å². The summed E-state index contributed by atoms with van der Waals surface area (Å²) in [6, 6.07) is 7.32. The summed E-state index contributed by atoms with van der Waals surface area (Å²) >= 11 is 1.18. The minimum absolute atomic E-state index is 0.0191. The van der Waals surface area contributed by atoms with Crippen molar-refractivity contribution in [3.63, 3.8) is 0 Å². The summed E-state index contributed by atoms with van der Waals surface area (Å²) in [5, 5.41) is 2.83. The van der Waals surface area contributed by atoms with Gasteiger partial charge in [-0.2, -0.15) is 4.31 Å². The van der Waals surface area contributed by atoms with E-state index < -0.39 is 21.5 Å². The van der Waals surface area contributed by atoms with Crippen LogP contribution in [0.5, 0.6) is 5.75 Å². The predicted octanol–water partition coefficient (Wildman–Crippen LogP) is 2.27. The maximum absolute atomic E-state index is 13.4. The Labute approximate surface area is 196 Å². The van der Waals surface area contributed by atoms with Gasteiger partial charge in [-0.3, -0.25) is 14.2 Å². The summed E-state index contributed by atoms with van der Waals surface area (Å²) in [7, 11) is -2.27. The molecule has 0 aliphatic carbocycles.